The van der Waals surface area contributed by atoms with Gasteiger partial charge in [-0.05, 0) is 48.6 Å². The van der Waals surface area contributed by atoms with E-state index in [-0.39, 0.29) is 11.8 Å². The molecular formula is C29H41N3O3. The lowest BCUT2D eigenvalue weighted by molar-refractivity contribution is -0.116. The normalized spacial score (nSPS) is 12.8. The van der Waals surface area contributed by atoms with Crippen LogP contribution in [0.15, 0.2) is 42.5 Å². The predicted molar refractivity (Wildman–Crippen MR) is 143 cm³/mol. The maximum absolute atomic E-state index is 13.2. The van der Waals surface area contributed by atoms with Crippen molar-refractivity contribution in [1.29, 1.82) is 0 Å². The molecule has 0 bridgehead atoms. The van der Waals surface area contributed by atoms with Crippen molar-refractivity contribution in [2.24, 2.45) is 0 Å². The number of benzene rings is 2. The van der Waals surface area contributed by atoms with Crippen LogP contribution >= 0.6 is 0 Å². The molecule has 2 aromatic rings. The van der Waals surface area contributed by atoms with Gasteiger partial charge in [0.2, 0.25) is 5.91 Å². The fourth-order valence-electron chi connectivity index (χ4n) is 4.58. The van der Waals surface area contributed by atoms with Crippen molar-refractivity contribution in [3.63, 3.8) is 0 Å². The molecule has 0 atom stereocenters. The molecule has 35 heavy (non-hydrogen) atoms. The average Bonchev–Trinajstić information content (AvgIpc) is 2.88. The van der Waals surface area contributed by atoms with E-state index in [0.29, 0.717) is 30.8 Å². The Labute approximate surface area is 210 Å². The van der Waals surface area contributed by atoms with Gasteiger partial charge in [-0.2, -0.15) is 0 Å². The quantitative estimate of drug-likeness (QED) is 0.341. The van der Waals surface area contributed by atoms with E-state index in [4.69, 9.17) is 4.74 Å². The topological polar surface area (TPSA) is 70.7 Å². The van der Waals surface area contributed by atoms with Crippen LogP contribution in [0.25, 0.3) is 0 Å². The van der Waals surface area contributed by atoms with E-state index in [1.165, 1.54) is 36.8 Å². The molecule has 190 valence electrons. The Kier molecular flexibility index (Phi) is 11.1. The van der Waals surface area contributed by atoms with E-state index in [1.54, 1.807) is 7.11 Å². The number of hydrogen-bond donors (Lipinski definition) is 2. The van der Waals surface area contributed by atoms with Crippen molar-refractivity contribution in [2.45, 2.75) is 71.3 Å². The number of carbonyl (C=O) groups excluding carboxylic acids is 2. The van der Waals surface area contributed by atoms with Gasteiger partial charge in [0.1, 0.15) is 0 Å². The van der Waals surface area contributed by atoms with Gasteiger partial charge in [-0.25, -0.2) is 0 Å². The third-order valence-electron chi connectivity index (χ3n) is 6.56. The first kappa shape index (κ1) is 26.7. The largest absolute Gasteiger partial charge is 0.385 e. The summed E-state index contributed by atoms with van der Waals surface area (Å²) >= 11 is 0. The summed E-state index contributed by atoms with van der Waals surface area (Å²) in [4.78, 5) is 27.9. The number of carbonyl (C=O) groups is 2. The Morgan fingerprint density at radius 3 is 2.54 bits per heavy atom. The molecule has 0 saturated heterocycles. The molecular weight excluding hydrogens is 438 g/mol. The zero-order valence-electron chi connectivity index (χ0n) is 21.4. The van der Waals surface area contributed by atoms with E-state index in [1.807, 2.05) is 18.2 Å². The Morgan fingerprint density at radius 1 is 0.971 bits per heavy atom. The van der Waals surface area contributed by atoms with Crippen LogP contribution < -0.4 is 15.5 Å². The third-order valence-corrected chi connectivity index (χ3v) is 6.56. The van der Waals surface area contributed by atoms with Gasteiger partial charge < -0.3 is 20.3 Å². The second-order valence-electron chi connectivity index (χ2n) is 9.34. The van der Waals surface area contributed by atoms with Gasteiger partial charge in [0, 0.05) is 51.1 Å². The molecule has 1 aliphatic heterocycles. The van der Waals surface area contributed by atoms with Crippen molar-refractivity contribution in [1.82, 2.24) is 5.32 Å². The molecule has 0 aliphatic carbocycles. The molecule has 0 unspecified atom stereocenters. The van der Waals surface area contributed by atoms with Crippen LogP contribution in [-0.2, 0) is 22.5 Å². The summed E-state index contributed by atoms with van der Waals surface area (Å²) in [6.45, 7) is 4.97. The molecule has 2 N–H and O–H groups in total. The number of unbranched alkanes of at least 4 members (excludes halogenated alkanes) is 5. The molecule has 6 heteroatoms. The van der Waals surface area contributed by atoms with Crippen LogP contribution in [-0.4, -0.2) is 38.6 Å². The minimum atomic E-state index is -0.123. The van der Waals surface area contributed by atoms with Crippen LogP contribution in [0.1, 0.15) is 79.8 Å². The first-order chi connectivity index (χ1) is 17.1. The highest BCUT2D eigenvalue weighted by atomic mass is 16.5. The first-order valence-electron chi connectivity index (χ1n) is 13.1. The highest BCUT2D eigenvalue weighted by Gasteiger charge is 2.22. The third kappa shape index (κ3) is 8.39. The molecule has 1 heterocycles. The average molecular weight is 480 g/mol. The second-order valence-corrected chi connectivity index (χ2v) is 9.34. The monoisotopic (exact) mass is 479 g/mol. The maximum Gasteiger partial charge on any atom is 0.253 e. The molecule has 2 amide bonds. The molecule has 6 nitrogen and oxygen atoms in total. The Bertz CT molecular complexity index is 960. The Morgan fingerprint density at radius 2 is 1.74 bits per heavy atom. The van der Waals surface area contributed by atoms with Crippen molar-refractivity contribution in [3.05, 3.63) is 59.2 Å². The van der Waals surface area contributed by atoms with E-state index in [2.05, 4.69) is 46.7 Å². The SMILES string of the molecule is CCCCCCCCC(=O)Nc1ccc(N2CCc3ccccc3C2)c(C(=O)NCCCOC)c1. The zero-order valence-corrected chi connectivity index (χ0v) is 21.4. The highest BCUT2D eigenvalue weighted by molar-refractivity contribution is 6.02. The summed E-state index contributed by atoms with van der Waals surface area (Å²) in [5, 5.41) is 6.02. The lowest BCUT2D eigenvalue weighted by Gasteiger charge is -2.32. The van der Waals surface area contributed by atoms with E-state index < -0.39 is 0 Å². The summed E-state index contributed by atoms with van der Waals surface area (Å²) in [5.41, 5.74) is 4.83. The van der Waals surface area contributed by atoms with E-state index in [9.17, 15) is 9.59 Å². The number of nitrogens with zero attached hydrogens (tertiary/aromatic N) is 1. The van der Waals surface area contributed by atoms with Crippen LogP contribution in [0.5, 0.6) is 0 Å². The van der Waals surface area contributed by atoms with Gasteiger partial charge >= 0.3 is 0 Å². The Hall–Kier alpha value is -2.86. The summed E-state index contributed by atoms with van der Waals surface area (Å²) in [7, 11) is 1.66. The summed E-state index contributed by atoms with van der Waals surface area (Å²) in [6, 6.07) is 14.2. The van der Waals surface area contributed by atoms with Crippen molar-refractivity contribution in [3.8, 4) is 0 Å². The molecule has 0 radical (unpaired) electrons. The van der Waals surface area contributed by atoms with Gasteiger partial charge in [0.25, 0.3) is 5.91 Å². The van der Waals surface area contributed by atoms with Crippen LogP contribution in [0.3, 0.4) is 0 Å². The molecule has 0 aromatic heterocycles. The summed E-state index contributed by atoms with van der Waals surface area (Å²) < 4.78 is 5.10. The fourth-order valence-corrected chi connectivity index (χ4v) is 4.58. The van der Waals surface area contributed by atoms with Gasteiger partial charge in [-0.1, -0.05) is 63.3 Å². The fraction of sp³-hybridized carbons (Fsp3) is 0.517. The number of fused-ring (bicyclic) bond motifs is 1. The second kappa shape index (κ2) is 14.5. The standard InChI is InChI=1S/C29H41N3O3/c1-3-4-5-6-7-8-14-28(33)31-25-15-16-27(26(21-25)29(34)30-18-11-20-35-2)32-19-17-23-12-9-10-13-24(23)22-32/h9-10,12-13,15-16,21H,3-8,11,14,17-20,22H2,1-2H3,(H,30,34)(H,31,33). The van der Waals surface area contributed by atoms with Crippen LogP contribution in [0.2, 0.25) is 0 Å². The molecule has 3 rings (SSSR count). The van der Waals surface area contributed by atoms with Gasteiger partial charge in [0.15, 0.2) is 0 Å². The summed E-state index contributed by atoms with van der Waals surface area (Å²) in [6.07, 6.45) is 9.10. The maximum atomic E-state index is 13.2. The first-order valence-corrected chi connectivity index (χ1v) is 13.1. The predicted octanol–water partition coefficient (Wildman–Crippen LogP) is 5.70. The smallest absolute Gasteiger partial charge is 0.253 e. The highest BCUT2D eigenvalue weighted by Crippen LogP contribution is 2.29. The number of anilines is 2. The van der Waals surface area contributed by atoms with Gasteiger partial charge in [-0.15, -0.1) is 0 Å². The van der Waals surface area contributed by atoms with Gasteiger partial charge in [0.05, 0.1) is 5.56 Å². The number of nitrogens with one attached hydrogen (secondary N) is 2. The molecule has 2 aromatic carbocycles. The van der Waals surface area contributed by atoms with Crippen LogP contribution in [0, 0.1) is 0 Å². The number of amides is 2. The van der Waals surface area contributed by atoms with Crippen molar-refractivity contribution < 1.29 is 14.3 Å². The molecule has 0 spiro atoms. The number of hydrogen-bond acceptors (Lipinski definition) is 4. The van der Waals surface area contributed by atoms with Crippen molar-refractivity contribution in [2.75, 3.05) is 37.0 Å². The van der Waals surface area contributed by atoms with Crippen LogP contribution in [0.4, 0.5) is 11.4 Å². The van der Waals surface area contributed by atoms with E-state index in [0.717, 1.165) is 44.5 Å². The zero-order chi connectivity index (χ0) is 24.9. The van der Waals surface area contributed by atoms with Crippen molar-refractivity contribution >= 4 is 23.2 Å². The minimum absolute atomic E-state index is 0.00611. The lowest BCUT2D eigenvalue weighted by atomic mass is 9.98. The van der Waals surface area contributed by atoms with E-state index >= 15 is 0 Å². The molecule has 0 fully saturated rings. The van der Waals surface area contributed by atoms with Gasteiger partial charge in [-0.3, -0.25) is 9.59 Å². The number of rotatable bonds is 14. The number of ether oxygens (including phenoxy) is 1. The Balaban J connectivity index is 1.68. The molecule has 0 saturated carbocycles. The lowest BCUT2D eigenvalue weighted by Crippen LogP contribution is -2.33. The number of methoxy groups -OCH3 is 1. The minimum Gasteiger partial charge on any atom is -0.385 e. The molecule has 1 aliphatic rings. The summed E-state index contributed by atoms with van der Waals surface area (Å²) in [5.74, 6) is -0.117.